The van der Waals surface area contributed by atoms with E-state index in [1.165, 1.54) is 24.0 Å². The number of nitrogens with one attached hydrogen (secondary N) is 1. The van der Waals surface area contributed by atoms with E-state index in [1.807, 2.05) is 43.3 Å². The number of ether oxygens (including phenoxy) is 2. The number of fused-ring (bicyclic) bond motifs is 1. The van der Waals surface area contributed by atoms with Gasteiger partial charge in [-0.1, -0.05) is 18.2 Å². The predicted octanol–water partition coefficient (Wildman–Crippen LogP) is 4.37. The topological polar surface area (TPSA) is 47.6 Å². The zero-order valence-electron chi connectivity index (χ0n) is 14.9. The first-order valence-corrected chi connectivity index (χ1v) is 8.98. The van der Waals surface area contributed by atoms with Crippen LogP contribution in [0.15, 0.2) is 42.5 Å². The third-order valence-electron chi connectivity index (χ3n) is 4.44. The molecule has 2 aromatic carbocycles. The van der Waals surface area contributed by atoms with Crippen LogP contribution in [0.25, 0.3) is 0 Å². The number of amides is 1. The third kappa shape index (κ3) is 4.32. The molecule has 132 valence electrons. The average molecular weight is 339 g/mol. The number of carbonyl (C=O) groups is 1. The molecule has 0 fully saturated rings. The lowest BCUT2D eigenvalue weighted by atomic mass is 9.91. The number of hydrogen-bond acceptors (Lipinski definition) is 3. The molecule has 2 aromatic rings. The molecule has 0 saturated heterocycles. The van der Waals surface area contributed by atoms with E-state index >= 15 is 0 Å². The van der Waals surface area contributed by atoms with Gasteiger partial charge in [0.15, 0.2) is 6.10 Å². The van der Waals surface area contributed by atoms with Crippen molar-refractivity contribution in [3.8, 4) is 11.5 Å². The lowest BCUT2D eigenvalue weighted by molar-refractivity contribution is -0.122. The summed E-state index contributed by atoms with van der Waals surface area (Å²) in [6.45, 7) is 4.31. The quantitative estimate of drug-likeness (QED) is 0.850. The fraction of sp³-hybridized carbons (Fsp3) is 0.381. The number of anilines is 1. The lowest BCUT2D eigenvalue weighted by Crippen LogP contribution is -2.30. The molecule has 4 heteroatoms. The Morgan fingerprint density at radius 3 is 2.80 bits per heavy atom. The third-order valence-corrected chi connectivity index (χ3v) is 4.44. The first-order chi connectivity index (χ1) is 12.2. The van der Waals surface area contributed by atoms with Crippen molar-refractivity contribution in [2.24, 2.45) is 0 Å². The van der Waals surface area contributed by atoms with Crippen LogP contribution >= 0.6 is 0 Å². The van der Waals surface area contributed by atoms with Gasteiger partial charge < -0.3 is 14.8 Å². The van der Waals surface area contributed by atoms with Gasteiger partial charge in [-0.25, -0.2) is 0 Å². The second-order valence-corrected chi connectivity index (χ2v) is 6.31. The van der Waals surface area contributed by atoms with Gasteiger partial charge in [0, 0.05) is 11.8 Å². The molecule has 1 unspecified atom stereocenters. The lowest BCUT2D eigenvalue weighted by Gasteiger charge is -2.22. The fourth-order valence-corrected chi connectivity index (χ4v) is 3.17. The highest BCUT2D eigenvalue weighted by Gasteiger charge is 2.19. The Hall–Kier alpha value is -2.49. The number of aryl methyl sites for hydroxylation is 1. The Morgan fingerprint density at radius 1 is 1.16 bits per heavy atom. The smallest absolute Gasteiger partial charge is 0.265 e. The molecule has 25 heavy (non-hydrogen) atoms. The van der Waals surface area contributed by atoms with Gasteiger partial charge in [0.05, 0.1) is 6.61 Å². The summed E-state index contributed by atoms with van der Waals surface area (Å²) in [4.78, 5) is 12.5. The first-order valence-electron chi connectivity index (χ1n) is 8.98. The van der Waals surface area contributed by atoms with E-state index in [0.29, 0.717) is 12.3 Å². The minimum atomic E-state index is -0.566. The van der Waals surface area contributed by atoms with Gasteiger partial charge in [0.25, 0.3) is 5.91 Å². The Balaban J connectivity index is 1.66. The summed E-state index contributed by atoms with van der Waals surface area (Å²) in [7, 11) is 0. The second-order valence-electron chi connectivity index (χ2n) is 6.31. The molecule has 0 saturated carbocycles. The molecule has 0 aromatic heterocycles. The molecular formula is C21H25NO3. The van der Waals surface area contributed by atoms with Gasteiger partial charge in [0.1, 0.15) is 11.5 Å². The van der Waals surface area contributed by atoms with Crippen LogP contribution < -0.4 is 14.8 Å². The highest BCUT2D eigenvalue weighted by molar-refractivity contribution is 5.94. The number of hydrogen-bond donors (Lipinski definition) is 1. The van der Waals surface area contributed by atoms with Crippen molar-refractivity contribution in [1.82, 2.24) is 0 Å². The molecule has 4 nitrogen and oxygen atoms in total. The Kier molecular flexibility index (Phi) is 5.59. The monoisotopic (exact) mass is 339 g/mol. The second kappa shape index (κ2) is 8.06. The SMILES string of the molecule is CCOc1cccc(NC(=O)C(C)Oc2cccc3c2CCCC3)c1. The van der Waals surface area contributed by atoms with Crippen LogP contribution in [-0.2, 0) is 17.6 Å². The first kappa shape index (κ1) is 17.3. The summed E-state index contributed by atoms with van der Waals surface area (Å²) in [6, 6.07) is 13.5. The highest BCUT2D eigenvalue weighted by Crippen LogP contribution is 2.30. The van der Waals surface area contributed by atoms with Crippen molar-refractivity contribution >= 4 is 11.6 Å². The zero-order chi connectivity index (χ0) is 17.6. The minimum absolute atomic E-state index is 0.165. The standard InChI is InChI=1S/C21H25NO3/c1-3-24-18-11-7-10-17(14-18)22-21(23)15(2)25-20-13-6-9-16-8-4-5-12-19(16)20/h6-7,9-11,13-15H,3-5,8,12H2,1-2H3,(H,22,23). The Labute approximate surface area is 149 Å². The summed E-state index contributed by atoms with van der Waals surface area (Å²) in [5.41, 5.74) is 3.31. The highest BCUT2D eigenvalue weighted by atomic mass is 16.5. The van der Waals surface area contributed by atoms with Crippen molar-refractivity contribution < 1.29 is 14.3 Å². The van der Waals surface area contributed by atoms with Crippen LogP contribution in [0, 0.1) is 0 Å². The normalized spacial score (nSPS) is 14.3. The van der Waals surface area contributed by atoms with Crippen LogP contribution in [0.5, 0.6) is 11.5 Å². The minimum Gasteiger partial charge on any atom is -0.494 e. The summed E-state index contributed by atoms with van der Waals surface area (Å²) < 4.78 is 11.4. The molecule has 1 amide bonds. The summed E-state index contributed by atoms with van der Waals surface area (Å²) in [5.74, 6) is 1.41. The average Bonchev–Trinajstić information content (AvgIpc) is 2.62. The van der Waals surface area contributed by atoms with E-state index < -0.39 is 6.10 Å². The summed E-state index contributed by atoms with van der Waals surface area (Å²) >= 11 is 0. The Morgan fingerprint density at radius 2 is 1.96 bits per heavy atom. The van der Waals surface area contributed by atoms with E-state index in [1.54, 1.807) is 6.92 Å². The van der Waals surface area contributed by atoms with Crippen molar-refractivity contribution in [2.45, 2.75) is 45.6 Å². The molecule has 1 atom stereocenters. The van der Waals surface area contributed by atoms with E-state index in [0.717, 1.165) is 24.3 Å². The largest absolute Gasteiger partial charge is 0.494 e. The Bertz CT molecular complexity index is 742. The van der Waals surface area contributed by atoms with Crippen molar-refractivity contribution in [3.63, 3.8) is 0 Å². The van der Waals surface area contributed by atoms with Crippen LogP contribution in [-0.4, -0.2) is 18.6 Å². The van der Waals surface area contributed by atoms with E-state index in [9.17, 15) is 4.79 Å². The van der Waals surface area contributed by atoms with Gasteiger partial charge in [-0.15, -0.1) is 0 Å². The van der Waals surface area contributed by atoms with Gasteiger partial charge in [-0.3, -0.25) is 4.79 Å². The summed E-state index contributed by atoms with van der Waals surface area (Å²) in [5, 5.41) is 2.90. The molecule has 0 radical (unpaired) electrons. The molecule has 0 heterocycles. The van der Waals surface area contributed by atoms with Gasteiger partial charge in [-0.05, 0) is 68.9 Å². The van der Waals surface area contributed by atoms with Crippen LogP contribution in [0.2, 0.25) is 0 Å². The molecule has 0 spiro atoms. The van der Waals surface area contributed by atoms with Crippen LogP contribution in [0.1, 0.15) is 37.8 Å². The maximum Gasteiger partial charge on any atom is 0.265 e. The van der Waals surface area contributed by atoms with Crippen LogP contribution in [0.3, 0.4) is 0 Å². The number of carbonyl (C=O) groups excluding carboxylic acids is 1. The fourth-order valence-electron chi connectivity index (χ4n) is 3.17. The molecule has 3 rings (SSSR count). The number of rotatable bonds is 6. The molecule has 0 aliphatic heterocycles. The predicted molar refractivity (Wildman–Crippen MR) is 99.4 cm³/mol. The molecule has 1 aliphatic carbocycles. The van der Waals surface area contributed by atoms with Crippen molar-refractivity contribution in [2.75, 3.05) is 11.9 Å². The maximum absolute atomic E-state index is 12.5. The maximum atomic E-state index is 12.5. The molecule has 0 bridgehead atoms. The van der Waals surface area contributed by atoms with Crippen molar-refractivity contribution in [1.29, 1.82) is 0 Å². The zero-order valence-corrected chi connectivity index (χ0v) is 14.9. The van der Waals surface area contributed by atoms with E-state index in [2.05, 4.69) is 11.4 Å². The summed E-state index contributed by atoms with van der Waals surface area (Å²) in [6.07, 6.45) is 3.96. The van der Waals surface area contributed by atoms with Gasteiger partial charge >= 0.3 is 0 Å². The van der Waals surface area contributed by atoms with Gasteiger partial charge in [0.2, 0.25) is 0 Å². The van der Waals surface area contributed by atoms with Gasteiger partial charge in [-0.2, -0.15) is 0 Å². The van der Waals surface area contributed by atoms with Crippen LogP contribution in [0.4, 0.5) is 5.69 Å². The molecule has 1 N–H and O–H groups in total. The van der Waals surface area contributed by atoms with E-state index in [-0.39, 0.29) is 5.91 Å². The number of benzene rings is 2. The van der Waals surface area contributed by atoms with E-state index in [4.69, 9.17) is 9.47 Å². The van der Waals surface area contributed by atoms with Crippen molar-refractivity contribution in [3.05, 3.63) is 53.6 Å². The molecule has 1 aliphatic rings. The molecular weight excluding hydrogens is 314 g/mol.